The Morgan fingerprint density at radius 2 is 0.408 bits per heavy atom. The predicted molar refractivity (Wildman–Crippen MR) is 307 cm³/mol. The third-order valence-corrected chi connectivity index (χ3v) is 14.9. The van der Waals surface area contributed by atoms with Crippen LogP contribution in [0.4, 0.5) is 0 Å². The summed E-state index contributed by atoms with van der Waals surface area (Å²) in [5.41, 5.74) is 0. The number of esters is 3. The van der Waals surface area contributed by atoms with E-state index in [1.54, 1.807) is 0 Å². The monoisotopic (exact) mass is 1000 g/mol. The molecule has 6 nitrogen and oxygen atoms in total. The van der Waals surface area contributed by atoms with E-state index in [0.29, 0.717) is 19.3 Å². The Labute approximate surface area is 444 Å². The quantitative estimate of drug-likeness (QED) is 0.0343. The lowest BCUT2D eigenvalue weighted by Crippen LogP contribution is -2.30. The summed E-state index contributed by atoms with van der Waals surface area (Å²) in [6.07, 6.45) is 61.1. The fourth-order valence-electron chi connectivity index (χ4n) is 10.1. The highest BCUT2D eigenvalue weighted by molar-refractivity contribution is 5.71. The van der Waals surface area contributed by atoms with Crippen LogP contribution in [0.5, 0.6) is 0 Å². The Morgan fingerprint density at radius 1 is 0.239 bits per heavy atom. The number of carbonyl (C=O) groups is 3. The predicted octanol–water partition coefficient (Wildman–Crippen LogP) is 21.5. The van der Waals surface area contributed by atoms with Crippen molar-refractivity contribution in [3.63, 3.8) is 0 Å². The molecule has 0 rings (SSSR count). The van der Waals surface area contributed by atoms with E-state index < -0.39 is 6.10 Å². The Balaban J connectivity index is 4.26. The van der Waals surface area contributed by atoms with Crippen molar-refractivity contribution in [3.8, 4) is 0 Å². The maximum Gasteiger partial charge on any atom is 0.306 e. The van der Waals surface area contributed by atoms with Crippen molar-refractivity contribution in [1.82, 2.24) is 0 Å². The summed E-state index contributed by atoms with van der Waals surface area (Å²) in [6.45, 7) is 13.8. The van der Waals surface area contributed by atoms with Crippen LogP contribution < -0.4 is 0 Å². The highest BCUT2D eigenvalue weighted by atomic mass is 16.6. The largest absolute Gasteiger partial charge is 0.462 e. The second-order valence-corrected chi connectivity index (χ2v) is 23.8. The number of ether oxygens (including phenoxy) is 3. The molecule has 0 radical (unpaired) electrons. The zero-order chi connectivity index (χ0) is 51.9. The molecule has 0 saturated heterocycles. The topological polar surface area (TPSA) is 78.9 Å². The van der Waals surface area contributed by atoms with Crippen molar-refractivity contribution in [2.24, 2.45) is 17.8 Å². The van der Waals surface area contributed by atoms with E-state index in [1.165, 1.54) is 244 Å². The van der Waals surface area contributed by atoms with E-state index >= 15 is 0 Å². The second-order valence-electron chi connectivity index (χ2n) is 23.8. The summed E-state index contributed by atoms with van der Waals surface area (Å²) in [6, 6.07) is 0. The van der Waals surface area contributed by atoms with Crippen molar-refractivity contribution in [2.75, 3.05) is 13.2 Å². The molecule has 0 aliphatic carbocycles. The van der Waals surface area contributed by atoms with Crippen LogP contribution in [0.3, 0.4) is 0 Å². The van der Waals surface area contributed by atoms with Crippen molar-refractivity contribution >= 4 is 17.9 Å². The normalized spacial score (nSPS) is 12.1. The molecule has 0 aromatic rings. The zero-order valence-corrected chi connectivity index (χ0v) is 49.0. The van der Waals surface area contributed by atoms with Gasteiger partial charge in [0.1, 0.15) is 13.2 Å². The summed E-state index contributed by atoms with van der Waals surface area (Å²) >= 11 is 0. The first-order chi connectivity index (χ1) is 34.6. The van der Waals surface area contributed by atoms with Gasteiger partial charge >= 0.3 is 17.9 Å². The third kappa shape index (κ3) is 59.2. The number of hydrogen-bond acceptors (Lipinski definition) is 6. The van der Waals surface area contributed by atoms with Crippen LogP contribution >= 0.6 is 0 Å². The molecule has 422 valence electrons. The number of hydrogen-bond donors (Lipinski definition) is 0. The van der Waals surface area contributed by atoms with Gasteiger partial charge in [0.25, 0.3) is 0 Å². The lowest BCUT2D eigenvalue weighted by molar-refractivity contribution is -0.167. The Morgan fingerprint density at radius 3 is 0.606 bits per heavy atom. The highest BCUT2D eigenvalue weighted by Gasteiger charge is 2.19. The van der Waals surface area contributed by atoms with Gasteiger partial charge in [-0.1, -0.05) is 324 Å². The molecule has 0 aromatic carbocycles. The lowest BCUT2D eigenvalue weighted by atomic mass is 10.0. The van der Waals surface area contributed by atoms with E-state index in [2.05, 4.69) is 41.5 Å². The molecule has 0 N–H and O–H groups in total. The Kier molecular flexibility index (Phi) is 54.9. The molecule has 0 fully saturated rings. The third-order valence-electron chi connectivity index (χ3n) is 14.9. The second kappa shape index (κ2) is 56.1. The van der Waals surface area contributed by atoms with Crippen molar-refractivity contribution in [1.29, 1.82) is 0 Å². The van der Waals surface area contributed by atoms with Crippen molar-refractivity contribution < 1.29 is 28.6 Å². The fraction of sp³-hybridized carbons (Fsp3) is 0.954. The maximum atomic E-state index is 12.9. The number of unbranched alkanes of at least 4 members (excludes halogenated alkanes) is 41. The minimum absolute atomic E-state index is 0.0626. The molecular formula is C65H126O6. The zero-order valence-electron chi connectivity index (χ0n) is 49.0. The SMILES string of the molecule is CC(C)CCCCCCCCCCCCCCCCCCCCC(=O)OC[C@H](COC(=O)CCCCCCCCCCCCCC(C)C)OC(=O)CCCCCCCCCCCCCCCCCC(C)C. The number of carbonyl (C=O) groups excluding carboxylic acids is 3. The van der Waals surface area contributed by atoms with Gasteiger partial charge in [-0.15, -0.1) is 0 Å². The lowest BCUT2D eigenvalue weighted by Gasteiger charge is -2.18. The summed E-state index contributed by atoms with van der Waals surface area (Å²) < 4.78 is 17.0. The van der Waals surface area contributed by atoms with Crippen LogP contribution in [0, 0.1) is 17.8 Å². The van der Waals surface area contributed by atoms with E-state index in [4.69, 9.17) is 14.2 Å². The molecule has 71 heavy (non-hydrogen) atoms. The Hall–Kier alpha value is -1.59. The van der Waals surface area contributed by atoms with Crippen LogP contribution in [0.1, 0.15) is 363 Å². The molecule has 0 aliphatic rings. The van der Waals surface area contributed by atoms with E-state index in [0.717, 1.165) is 75.5 Å². The van der Waals surface area contributed by atoms with Gasteiger partial charge < -0.3 is 14.2 Å². The van der Waals surface area contributed by atoms with Crippen LogP contribution in [0.15, 0.2) is 0 Å². The van der Waals surface area contributed by atoms with Crippen LogP contribution in [-0.4, -0.2) is 37.2 Å². The molecule has 0 bridgehead atoms. The van der Waals surface area contributed by atoms with E-state index in [-0.39, 0.29) is 31.1 Å². The molecule has 0 aromatic heterocycles. The van der Waals surface area contributed by atoms with Gasteiger partial charge in [-0.3, -0.25) is 14.4 Å². The van der Waals surface area contributed by atoms with Crippen LogP contribution in [0.25, 0.3) is 0 Å². The molecule has 0 heterocycles. The van der Waals surface area contributed by atoms with Gasteiger partial charge in [-0.2, -0.15) is 0 Å². The average molecular weight is 1000 g/mol. The van der Waals surface area contributed by atoms with Gasteiger partial charge in [0, 0.05) is 19.3 Å². The standard InChI is InChI=1S/C65H126O6/c1-59(2)51-45-39-33-27-21-16-12-9-7-8-10-14-18-24-30-36-42-48-54-63(66)69-57-62(58-70-64(67)55-49-43-37-31-26-20-23-29-35-41-47-53-61(5)6)71-65(68)56-50-44-38-32-25-19-15-11-13-17-22-28-34-40-46-52-60(3)4/h59-62H,7-58H2,1-6H3/t62-/m1/s1. The molecule has 1 atom stereocenters. The van der Waals surface area contributed by atoms with E-state index in [1.807, 2.05) is 0 Å². The summed E-state index contributed by atoms with van der Waals surface area (Å²) in [4.78, 5) is 38.3. The van der Waals surface area contributed by atoms with Crippen LogP contribution in [0.2, 0.25) is 0 Å². The molecule has 0 amide bonds. The van der Waals surface area contributed by atoms with Gasteiger partial charge in [-0.25, -0.2) is 0 Å². The first kappa shape index (κ1) is 69.4. The maximum absolute atomic E-state index is 12.9. The van der Waals surface area contributed by atoms with Gasteiger partial charge in [0.15, 0.2) is 6.10 Å². The highest BCUT2D eigenvalue weighted by Crippen LogP contribution is 2.19. The molecule has 0 saturated carbocycles. The minimum atomic E-state index is -0.764. The van der Waals surface area contributed by atoms with Gasteiger partial charge in [-0.05, 0) is 37.0 Å². The minimum Gasteiger partial charge on any atom is -0.462 e. The van der Waals surface area contributed by atoms with Gasteiger partial charge in [0.05, 0.1) is 0 Å². The average Bonchev–Trinajstić information content (AvgIpc) is 3.33. The molecule has 0 unspecified atom stereocenters. The molecule has 0 aliphatic heterocycles. The van der Waals surface area contributed by atoms with Crippen molar-refractivity contribution in [2.45, 2.75) is 369 Å². The summed E-state index contributed by atoms with van der Waals surface area (Å²) in [7, 11) is 0. The first-order valence-electron chi connectivity index (χ1n) is 32.1. The van der Waals surface area contributed by atoms with Crippen molar-refractivity contribution in [3.05, 3.63) is 0 Å². The molecule has 0 spiro atoms. The Bertz CT molecular complexity index is 1100. The summed E-state index contributed by atoms with van der Waals surface area (Å²) in [5.74, 6) is 1.70. The fourth-order valence-corrected chi connectivity index (χ4v) is 10.1. The molecule has 6 heteroatoms. The molecular weight excluding hydrogens is 877 g/mol. The van der Waals surface area contributed by atoms with Crippen LogP contribution in [-0.2, 0) is 28.6 Å². The number of rotatable bonds is 58. The van der Waals surface area contributed by atoms with E-state index in [9.17, 15) is 14.4 Å². The first-order valence-corrected chi connectivity index (χ1v) is 32.1. The smallest absolute Gasteiger partial charge is 0.306 e. The van der Waals surface area contributed by atoms with Gasteiger partial charge in [0.2, 0.25) is 0 Å². The summed E-state index contributed by atoms with van der Waals surface area (Å²) in [5, 5.41) is 0.